The van der Waals surface area contributed by atoms with Crippen LogP contribution in [0.1, 0.15) is 121 Å². The predicted molar refractivity (Wildman–Crippen MR) is 185 cm³/mol. The molecule has 0 bridgehead atoms. The molecule has 2 aromatic heterocycles. The van der Waals surface area contributed by atoms with Gasteiger partial charge in [-0.25, -0.2) is 23.7 Å². The predicted octanol–water partition coefficient (Wildman–Crippen LogP) is 9.63. The molecule has 0 spiro atoms. The van der Waals surface area contributed by atoms with Gasteiger partial charge in [-0.2, -0.15) is 12.6 Å². The van der Waals surface area contributed by atoms with Crippen LogP contribution in [0.15, 0.2) is 36.7 Å². The van der Waals surface area contributed by atoms with Crippen LogP contribution in [-0.2, 0) is 17.9 Å². The van der Waals surface area contributed by atoms with Crippen molar-refractivity contribution in [3.8, 4) is 0 Å². The van der Waals surface area contributed by atoms with E-state index in [1.807, 2.05) is 13.0 Å². The number of piperidine rings is 1. The fourth-order valence-electron chi connectivity index (χ4n) is 7.02. The fourth-order valence-corrected chi connectivity index (χ4v) is 7.18. The minimum atomic E-state index is -2.87. The number of halogens is 2. The van der Waals surface area contributed by atoms with E-state index in [2.05, 4.69) is 60.9 Å². The van der Waals surface area contributed by atoms with Crippen LogP contribution in [0.5, 0.6) is 0 Å². The van der Waals surface area contributed by atoms with Crippen molar-refractivity contribution < 1.29 is 8.78 Å². The van der Waals surface area contributed by atoms with E-state index in [0.717, 1.165) is 48.7 Å². The van der Waals surface area contributed by atoms with Crippen molar-refractivity contribution in [3.63, 3.8) is 0 Å². The maximum atomic E-state index is 16.0. The first kappa shape index (κ1) is 34.0. The number of hydrogen-bond donors (Lipinski definition) is 2. The largest absolute Gasteiger partial charge is 0.365 e. The normalized spacial score (nSPS) is 19.0. The second kappa shape index (κ2) is 13.4. The van der Waals surface area contributed by atoms with Crippen molar-refractivity contribution in [1.29, 1.82) is 0 Å². The lowest BCUT2D eigenvalue weighted by Crippen LogP contribution is -2.49. The third-order valence-corrected chi connectivity index (χ3v) is 11.4. The zero-order valence-corrected chi connectivity index (χ0v) is 29.1. The van der Waals surface area contributed by atoms with Gasteiger partial charge in [-0.1, -0.05) is 58.2 Å². The number of nitrogens with one attached hydrogen (secondary N) is 1. The molecule has 2 aliphatic rings. The number of rotatable bonds is 14. The molecule has 1 aliphatic carbocycles. The van der Waals surface area contributed by atoms with Crippen molar-refractivity contribution in [2.24, 2.45) is 5.92 Å². The smallest absolute Gasteiger partial charge is 0.276 e. The van der Waals surface area contributed by atoms with E-state index in [0.29, 0.717) is 43.9 Å². The summed E-state index contributed by atoms with van der Waals surface area (Å²) in [5.41, 5.74) is 4.02. The Balaban J connectivity index is 1.17. The first-order valence-electron chi connectivity index (χ1n) is 17.1. The molecule has 2 fully saturated rings. The van der Waals surface area contributed by atoms with Crippen molar-refractivity contribution in [2.75, 3.05) is 18.4 Å². The highest BCUT2D eigenvalue weighted by atomic mass is 32.1. The molecular weight excluding hydrogens is 585 g/mol. The van der Waals surface area contributed by atoms with Gasteiger partial charge in [0.25, 0.3) is 5.92 Å². The lowest BCUT2D eigenvalue weighted by molar-refractivity contribution is -0.0937. The monoisotopic (exact) mass is 637 g/mol. The molecule has 246 valence electrons. The Morgan fingerprint density at radius 3 is 2.42 bits per heavy atom. The lowest BCUT2D eigenvalue weighted by Gasteiger charge is -2.44. The summed E-state index contributed by atoms with van der Waals surface area (Å²) in [7, 11) is 0. The van der Waals surface area contributed by atoms with Gasteiger partial charge in [-0.3, -0.25) is 4.90 Å². The average molecular weight is 638 g/mol. The molecule has 45 heavy (non-hydrogen) atoms. The number of likely N-dealkylation sites (tertiary alicyclic amines) is 1. The minimum Gasteiger partial charge on any atom is -0.365 e. The van der Waals surface area contributed by atoms with E-state index in [-0.39, 0.29) is 21.3 Å². The number of nitrogens with zero attached hydrogens (tertiary/aromatic N) is 4. The van der Waals surface area contributed by atoms with Crippen LogP contribution in [0.4, 0.5) is 14.6 Å². The van der Waals surface area contributed by atoms with Gasteiger partial charge in [0.05, 0.1) is 5.39 Å². The van der Waals surface area contributed by atoms with Gasteiger partial charge >= 0.3 is 0 Å². The molecule has 1 N–H and O–H groups in total. The minimum absolute atomic E-state index is 0.0252. The molecule has 1 atom stereocenters. The van der Waals surface area contributed by atoms with Crippen LogP contribution in [-0.4, -0.2) is 43.2 Å². The summed E-state index contributed by atoms with van der Waals surface area (Å²) in [4.78, 5) is 16.1. The quantitative estimate of drug-likeness (QED) is 0.136. The Labute approximate surface area is 274 Å². The maximum Gasteiger partial charge on any atom is 0.276 e. The number of hydrogen-bond acceptors (Lipinski definition) is 6. The molecule has 0 radical (unpaired) electrons. The van der Waals surface area contributed by atoms with Crippen LogP contribution in [0.3, 0.4) is 0 Å². The zero-order valence-electron chi connectivity index (χ0n) is 28.2. The molecule has 5 nitrogen and oxygen atoms in total. The van der Waals surface area contributed by atoms with Gasteiger partial charge in [0, 0.05) is 34.0 Å². The third kappa shape index (κ3) is 7.98. The number of aryl methyl sites for hydroxylation is 1. The van der Waals surface area contributed by atoms with Crippen LogP contribution in [0, 0.1) is 12.8 Å². The Morgan fingerprint density at radius 1 is 1.02 bits per heavy atom. The summed E-state index contributed by atoms with van der Waals surface area (Å²) in [6.07, 6.45) is 11.7. The highest BCUT2D eigenvalue weighted by molar-refractivity contribution is 7.81. The number of fused-ring (bicyclic) bond motifs is 1. The number of unbranched alkanes of at least 4 members (excludes halogenated alkanes) is 2. The topological polar surface area (TPSA) is 53.9 Å². The van der Waals surface area contributed by atoms with E-state index in [4.69, 9.17) is 17.6 Å². The number of pyridine rings is 1. The van der Waals surface area contributed by atoms with Crippen LogP contribution in [0.25, 0.3) is 11.0 Å². The average Bonchev–Trinajstić information content (AvgIpc) is 3.77. The van der Waals surface area contributed by atoms with E-state index >= 15 is 8.78 Å². The van der Waals surface area contributed by atoms with E-state index in [1.165, 1.54) is 31.2 Å². The molecule has 5 rings (SSSR count). The van der Waals surface area contributed by atoms with E-state index in [1.54, 1.807) is 18.2 Å². The molecule has 1 saturated carbocycles. The molecule has 3 aromatic rings. The Hall–Kier alpha value is -2.32. The van der Waals surface area contributed by atoms with Gasteiger partial charge in [-0.05, 0) is 107 Å². The Kier molecular flexibility index (Phi) is 10.2. The number of anilines is 1. The number of aromatic nitrogens is 3. The molecule has 1 saturated heterocycles. The second-order valence-corrected chi connectivity index (χ2v) is 16.0. The van der Waals surface area contributed by atoms with Gasteiger partial charge in [0.1, 0.15) is 12.1 Å². The molecule has 8 heteroatoms. The highest BCUT2D eigenvalue weighted by Crippen LogP contribution is 2.49. The maximum absolute atomic E-state index is 16.0. The Morgan fingerprint density at radius 2 is 1.73 bits per heavy atom. The molecule has 1 unspecified atom stereocenters. The molecular formula is C37H53F2N5S. The summed E-state index contributed by atoms with van der Waals surface area (Å²) in [5, 5.41) is 4.27. The highest BCUT2D eigenvalue weighted by Gasteiger charge is 2.44. The van der Waals surface area contributed by atoms with E-state index in [9.17, 15) is 0 Å². The number of alkyl halides is 2. The molecule has 0 amide bonds. The van der Waals surface area contributed by atoms with Crippen molar-refractivity contribution in [1.82, 2.24) is 19.9 Å². The van der Waals surface area contributed by atoms with Gasteiger partial charge in [0.15, 0.2) is 5.65 Å². The Bertz CT molecular complexity index is 1460. The first-order valence-corrected chi connectivity index (χ1v) is 17.5. The molecule has 3 heterocycles. The van der Waals surface area contributed by atoms with Crippen molar-refractivity contribution >= 4 is 29.5 Å². The van der Waals surface area contributed by atoms with Gasteiger partial charge in [-0.15, -0.1) is 0 Å². The summed E-state index contributed by atoms with van der Waals surface area (Å²) in [6.45, 7) is 15.1. The van der Waals surface area contributed by atoms with Crippen LogP contribution >= 0.6 is 12.6 Å². The van der Waals surface area contributed by atoms with Gasteiger partial charge < -0.3 is 5.32 Å². The zero-order chi connectivity index (χ0) is 32.5. The van der Waals surface area contributed by atoms with E-state index < -0.39 is 11.8 Å². The van der Waals surface area contributed by atoms with Crippen LogP contribution < -0.4 is 5.32 Å². The summed E-state index contributed by atoms with van der Waals surface area (Å²) >= 11 is 4.77. The SMILES string of the molecule is CCC(C)(S)CCCCCC(C)(C)N1CCC(C(F)(F)c2cccc(CNc3ncnc4nc(C)c(C5(C)CC5)cc34)c2)CC1. The van der Waals surface area contributed by atoms with Crippen molar-refractivity contribution in [2.45, 2.75) is 134 Å². The lowest BCUT2D eigenvalue weighted by atomic mass is 9.83. The number of thiol groups is 1. The van der Waals surface area contributed by atoms with Crippen molar-refractivity contribution in [3.05, 3.63) is 59.0 Å². The van der Waals surface area contributed by atoms with Crippen LogP contribution in [0.2, 0.25) is 0 Å². The molecule has 1 aromatic carbocycles. The molecule has 1 aliphatic heterocycles. The third-order valence-electron chi connectivity index (χ3n) is 10.9. The fraction of sp³-hybridized carbons (Fsp3) is 0.649. The standard InChI is InChI=1S/C37H53F2N5S/c1-7-36(6,45)17-10-8-9-16-34(3,4)44-20-14-28(15-21-44)37(38,39)29-13-11-12-27(22-29)24-40-32-30-23-31(35(5)18-19-35)26(2)43-33(30)42-25-41-32/h11-13,22-23,25,28,45H,7-10,14-21,24H2,1-6H3,(H,40,41,42,43). The van der Waals surface area contributed by atoms with Gasteiger partial charge in [0.2, 0.25) is 0 Å². The summed E-state index contributed by atoms with van der Waals surface area (Å²) in [6, 6.07) is 9.07. The first-order chi connectivity index (χ1) is 21.2. The summed E-state index contributed by atoms with van der Waals surface area (Å²) in [5.74, 6) is -2.84. The second-order valence-electron chi connectivity index (χ2n) is 14.9. The summed E-state index contributed by atoms with van der Waals surface area (Å²) < 4.78 is 32.0. The number of benzene rings is 1.